The third kappa shape index (κ3) is 2.24. The smallest absolute Gasteiger partial charge is 0.178 e. The molecule has 4 nitrogen and oxygen atoms in total. The lowest BCUT2D eigenvalue weighted by Gasteiger charge is -2.10. The average molecular weight is 242 g/mol. The molecule has 2 N–H and O–H groups in total. The van der Waals surface area contributed by atoms with Crippen LogP contribution in [0.1, 0.15) is 29.4 Å². The van der Waals surface area contributed by atoms with E-state index < -0.39 is 0 Å². The van der Waals surface area contributed by atoms with Crippen molar-refractivity contribution < 1.29 is 0 Å². The number of nitrogens with two attached hydrogens (primary N) is 1. The highest BCUT2D eigenvalue weighted by atomic mass is 14.9. The fourth-order valence-electron chi connectivity index (χ4n) is 2.07. The lowest BCUT2D eigenvalue weighted by Crippen LogP contribution is -2.08. The maximum atomic E-state index is 5.70. The van der Waals surface area contributed by atoms with Crippen LogP contribution in [0.3, 0.4) is 0 Å². The van der Waals surface area contributed by atoms with E-state index in [0.717, 1.165) is 34.6 Å². The van der Waals surface area contributed by atoms with Crippen molar-refractivity contribution in [2.24, 2.45) is 5.73 Å². The average Bonchev–Trinajstić information content (AvgIpc) is 2.38. The number of aromatic nitrogens is 3. The molecular weight excluding hydrogens is 224 g/mol. The van der Waals surface area contributed by atoms with Gasteiger partial charge in [0.1, 0.15) is 5.69 Å². The molecule has 94 valence electrons. The summed E-state index contributed by atoms with van der Waals surface area (Å²) < 4.78 is 0. The van der Waals surface area contributed by atoms with E-state index in [-0.39, 0.29) is 0 Å². The van der Waals surface area contributed by atoms with Crippen molar-refractivity contribution in [3.05, 3.63) is 40.8 Å². The topological polar surface area (TPSA) is 64.7 Å². The number of hydrogen-bond acceptors (Lipinski definition) is 4. The van der Waals surface area contributed by atoms with Crippen LogP contribution in [-0.4, -0.2) is 15.0 Å². The van der Waals surface area contributed by atoms with Crippen LogP contribution in [0.4, 0.5) is 0 Å². The van der Waals surface area contributed by atoms with Crippen LogP contribution in [0.2, 0.25) is 0 Å². The summed E-state index contributed by atoms with van der Waals surface area (Å²) in [6.07, 6.45) is 2.70. The van der Waals surface area contributed by atoms with E-state index in [1.807, 2.05) is 19.9 Å². The van der Waals surface area contributed by atoms with Gasteiger partial charge in [0.15, 0.2) is 5.82 Å². The molecule has 0 bridgehead atoms. The van der Waals surface area contributed by atoms with Gasteiger partial charge < -0.3 is 5.73 Å². The number of aryl methyl sites for hydroxylation is 3. The molecule has 0 aliphatic heterocycles. The number of pyridine rings is 1. The van der Waals surface area contributed by atoms with Gasteiger partial charge in [-0.25, -0.2) is 9.97 Å². The van der Waals surface area contributed by atoms with E-state index in [1.165, 1.54) is 0 Å². The zero-order valence-electron chi connectivity index (χ0n) is 11.1. The Balaban J connectivity index is 2.58. The monoisotopic (exact) mass is 242 g/mol. The second-order valence-corrected chi connectivity index (χ2v) is 4.27. The van der Waals surface area contributed by atoms with Crippen LogP contribution >= 0.6 is 0 Å². The number of nitrogens with zero attached hydrogens (tertiary/aromatic N) is 3. The normalized spacial score (nSPS) is 10.7. The van der Waals surface area contributed by atoms with Crippen LogP contribution in [0, 0.1) is 13.8 Å². The molecule has 0 saturated carbocycles. The highest BCUT2D eigenvalue weighted by Gasteiger charge is 2.12. The van der Waals surface area contributed by atoms with E-state index in [4.69, 9.17) is 5.73 Å². The van der Waals surface area contributed by atoms with Crippen LogP contribution in [0.15, 0.2) is 18.3 Å². The lowest BCUT2D eigenvalue weighted by atomic mass is 10.1. The van der Waals surface area contributed by atoms with Crippen LogP contribution in [0.25, 0.3) is 11.5 Å². The van der Waals surface area contributed by atoms with Crippen molar-refractivity contribution in [3.63, 3.8) is 0 Å². The van der Waals surface area contributed by atoms with Gasteiger partial charge in [-0.05, 0) is 31.9 Å². The Kier molecular flexibility index (Phi) is 3.67. The van der Waals surface area contributed by atoms with Gasteiger partial charge in [-0.1, -0.05) is 13.0 Å². The molecule has 0 spiro atoms. The summed E-state index contributed by atoms with van der Waals surface area (Å²) in [6.45, 7) is 6.51. The fraction of sp³-hybridized carbons (Fsp3) is 0.357. The Labute approximate surface area is 107 Å². The van der Waals surface area contributed by atoms with Gasteiger partial charge in [0.25, 0.3) is 0 Å². The predicted octanol–water partition coefficient (Wildman–Crippen LogP) is 2.18. The maximum absolute atomic E-state index is 5.70. The first-order valence-corrected chi connectivity index (χ1v) is 6.15. The Morgan fingerprint density at radius 2 is 1.83 bits per heavy atom. The van der Waals surface area contributed by atoms with Crippen molar-refractivity contribution in [3.8, 4) is 11.5 Å². The largest absolute Gasteiger partial charge is 0.326 e. The Morgan fingerprint density at radius 3 is 2.39 bits per heavy atom. The number of rotatable bonds is 3. The van der Waals surface area contributed by atoms with Gasteiger partial charge in [0, 0.05) is 29.7 Å². The highest BCUT2D eigenvalue weighted by Crippen LogP contribution is 2.20. The summed E-state index contributed by atoms with van der Waals surface area (Å²) in [5.41, 5.74) is 10.6. The van der Waals surface area contributed by atoms with Crippen LogP contribution in [0.5, 0.6) is 0 Å². The lowest BCUT2D eigenvalue weighted by molar-refractivity contribution is 0.930. The van der Waals surface area contributed by atoms with Gasteiger partial charge in [0.2, 0.25) is 0 Å². The van der Waals surface area contributed by atoms with Crippen molar-refractivity contribution in [1.82, 2.24) is 15.0 Å². The Morgan fingerprint density at radius 1 is 1.17 bits per heavy atom. The summed E-state index contributed by atoms with van der Waals surface area (Å²) in [5.74, 6) is 0.694. The quantitative estimate of drug-likeness (QED) is 0.896. The minimum absolute atomic E-state index is 0.473. The molecule has 0 aliphatic rings. The minimum atomic E-state index is 0.473. The van der Waals surface area contributed by atoms with Crippen LogP contribution in [-0.2, 0) is 13.0 Å². The summed E-state index contributed by atoms with van der Waals surface area (Å²) >= 11 is 0. The first-order valence-electron chi connectivity index (χ1n) is 6.15. The van der Waals surface area contributed by atoms with Crippen molar-refractivity contribution in [1.29, 1.82) is 0 Å². The van der Waals surface area contributed by atoms with E-state index >= 15 is 0 Å². The number of hydrogen-bond donors (Lipinski definition) is 1. The molecule has 18 heavy (non-hydrogen) atoms. The maximum Gasteiger partial charge on any atom is 0.178 e. The Hall–Kier alpha value is -1.81. The molecule has 0 radical (unpaired) electrons. The first-order chi connectivity index (χ1) is 8.67. The van der Waals surface area contributed by atoms with Gasteiger partial charge in [-0.2, -0.15) is 0 Å². The SMILES string of the molecule is CCc1cccnc1-c1nc(C)c(CN)c(C)n1. The summed E-state index contributed by atoms with van der Waals surface area (Å²) in [7, 11) is 0. The first kappa shape index (κ1) is 12.6. The van der Waals surface area contributed by atoms with E-state index in [1.54, 1.807) is 6.20 Å². The van der Waals surface area contributed by atoms with Gasteiger partial charge in [-0.3, -0.25) is 4.98 Å². The van der Waals surface area contributed by atoms with E-state index in [9.17, 15) is 0 Å². The molecule has 2 heterocycles. The molecule has 0 fully saturated rings. The molecule has 0 saturated heterocycles. The Bertz CT molecular complexity index is 540. The van der Waals surface area contributed by atoms with Crippen molar-refractivity contribution in [2.45, 2.75) is 33.7 Å². The highest BCUT2D eigenvalue weighted by molar-refractivity contribution is 5.55. The van der Waals surface area contributed by atoms with Crippen molar-refractivity contribution >= 4 is 0 Å². The molecule has 0 atom stereocenters. The summed E-state index contributed by atoms with van der Waals surface area (Å²) in [5, 5.41) is 0. The van der Waals surface area contributed by atoms with E-state index in [0.29, 0.717) is 12.4 Å². The van der Waals surface area contributed by atoms with Gasteiger partial charge in [-0.15, -0.1) is 0 Å². The standard InChI is InChI=1S/C14H18N4/c1-4-11-6-5-7-16-13(11)14-17-9(2)12(8-15)10(3)18-14/h5-7H,4,8,15H2,1-3H3. The predicted molar refractivity (Wildman–Crippen MR) is 72.0 cm³/mol. The molecule has 0 amide bonds. The molecule has 2 rings (SSSR count). The fourth-order valence-corrected chi connectivity index (χ4v) is 2.07. The van der Waals surface area contributed by atoms with Gasteiger partial charge >= 0.3 is 0 Å². The second-order valence-electron chi connectivity index (χ2n) is 4.27. The molecular formula is C14H18N4. The molecule has 4 heteroatoms. The zero-order valence-corrected chi connectivity index (χ0v) is 11.1. The second kappa shape index (κ2) is 5.23. The molecule has 2 aromatic heterocycles. The minimum Gasteiger partial charge on any atom is -0.326 e. The molecule has 2 aromatic rings. The zero-order chi connectivity index (χ0) is 13.1. The van der Waals surface area contributed by atoms with Gasteiger partial charge in [0.05, 0.1) is 0 Å². The van der Waals surface area contributed by atoms with Crippen molar-refractivity contribution in [2.75, 3.05) is 0 Å². The summed E-state index contributed by atoms with van der Waals surface area (Å²) in [6, 6.07) is 4.00. The third-order valence-electron chi connectivity index (χ3n) is 3.11. The molecule has 0 aromatic carbocycles. The van der Waals surface area contributed by atoms with Crippen LogP contribution < -0.4 is 5.73 Å². The summed E-state index contributed by atoms with van der Waals surface area (Å²) in [4.78, 5) is 13.5. The third-order valence-corrected chi connectivity index (χ3v) is 3.11. The molecule has 0 unspecified atom stereocenters. The van der Waals surface area contributed by atoms with E-state index in [2.05, 4.69) is 27.9 Å². The molecule has 0 aliphatic carbocycles.